The maximum absolute atomic E-state index is 12.3. The Labute approximate surface area is 115 Å². The van der Waals surface area contributed by atoms with Crippen LogP contribution in [0.3, 0.4) is 0 Å². The second-order valence-corrected chi connectivity index (χ2v) is 4.26. The van der Waals surface area contributed by atoms with E-state index in [2.05, 4.69) is 10.3 Å². The number of fused-ring (bicyclic) bond motifs is 1. The Morgan fingerprint density at radius 3 is 2.85 bits per heavy atom. The molecule has 3 rings (SSSR count). The van der Waals surface area contributed by atoms with Crippen molar-refractivity contribution in [3.63, 3.8) is 0 Å². The Morgan fingerprint density at radius 2 is 2.05 bits per heavy atom. The lowest BCUT2D eigenvalue weighted by Crippen LogP contribution is -2.20. The van der Waals surface area contributed by atoms with E-state index < -0.39 is 0 Å². The average Bonchev–Trinajstić information content (AvgIpc) is 2.49. The van der Waals surface area contributed by atoms with Gasteiger partial charge in [0.25, 0.3) is 5.91 Å². The number of nitrogen functional groups attached to an aromatic ring is 1. The largest absolute Gasteiger partial charge is 0.486 e. The van der Waals surface area contributed by atoms with Crippen molar-refractivity contribution in [3.8, 4) is 11.5 Å². The zero-order chi connectivity index (χ0) is 13.9. The van der Waals surface area contributed by atoms with Gasteiger partial charge >= 0.3 is 0 Å². The van der Waals surface area contributed by atoms with Gasteiger partial charge in [0.15, 0.2) is 11.5 Å². The lowest BCUT2D eigenvalue weighted by atomic mass is 10.1. The number of benzene rings is 1. The first kappa shape index (κ1) is 12.3. The first-order chi connectivity index (χ1) is 9.74. The molecule has 0 atom stereocenters. The van der Waals surface area contributed by atoms with Crippen LogP contribution in [-0.4, -0.2) is 24.1 Å². The monoisotopic (exact) mass is 271 g/mol. The molecule has 1 aromatic carbocycles. The number of carbonyl (C=O) groups is 1. The van der Waals surface area contributed by atoms with Gasteiger partial charge in [0, 0.05) is 0 Å². The van der Waals surface area contributed by atoms with Crippen LogP contribution in [0.25, 0.3) is 0 Å². The summed E-state index contributed by atoms with van der Waals surface area (Å²) in [6.45, 7) is 0.917. The van der Waals surface area contributed by atoms with E-state index in [1.165, 1.54) is 6.20 Å². The molecule has 1 aromatic heterocycles. The molecule has 1 amide bonds. The number of pyridine rings is 1. The first-order valence-corrected chi connectivity index (χ1v) is 6.15. The van der Waals surface area contributed by atoms with Crippen molar-refractivity contribution < 1.29 is 14.3 Å². The molecular formula is C14H13N3O3. The van der Waals surface area contributed by atoms with Crippen molar-refractivity contribution in [2.24, 2.45) is 0 Å². The Balaban J connectivity index is 1.85. The molecule has 0 bridgehead atoms. The molecule has 3 N–H and O–H groups in total. The molecule has 0 unspecified atom stereocenters. The van der Waals surface area contributed by atoms with Gasteiger partial charge in [-0.25, -0.2) is 4.98 Å². The third-order valence-electron chi connectivity index (χ3n) is 2.86. The van der Waals surface area contributed by atoms with Crippen molar-refractivity contribution in [1.82, 2.24) is 4.98 Å². The maximum atomic E-state index is 12.3. The van der Waals surface area contributed by atoms with Crippen LogP contribution < -0.4 is 20.5 Å². The Kier molecular flexibility index (Phi) is 3.12. The van der Waals surface area contributed by atoms with E-state index in [0.717, 1.165) is 0 Å². The molecule has 2 heterocycles. The van der Waals surface area contributed by atoms with Gasteiger partial charge in [0.2, 0.25) is 0 Å². The fourth-order valence-electron chi connectivity index (χ4n) is 1.93. The quantitative estimate of drug-likeness (QED) is 0.868. The SMILES string of the molecule is Nc1ccc(NC(=O)c2cccc3c2OCCO3)cn1. The molecule has 0 radical (unpaired) electrons. The Hall–Kier alpha value is -2.76. The normalized spacial score (nSPS) is 12.8. The molecule has 2 aromatic rings. The van der Waals surface area contributed by atoms with Crippen molar-refractivity contribution in [1.29, 1.82) is 0 Å². The van der Waals surface area contributed by atoms with Crippen molar-refractivity contribution in [2.45, 2.75) is 0 Å². The summed E-state index contributed by atoms with van der Waals surface area (Å²) in [5.74, 6) is 1.18. The molecule has 102 valence electrons. The zero-order valence-corrected chi connectivity index (χ0v) is 10.6. The predicted molar refractivity (Wildman–Crippen MR) is 74.0 cm³/mol. The van der Waals surface area contributed by atoms with E-state index in [9.17, 15) is 4.79 Å². The highest BCUT2D eigenvalue weighted by molar-refractivity contribution is 6.06. The van der Waals surface area contributed by atoms with Gasteiger partial charge in [-0.1, -0.05) is 6.07 Å². The predicted octanol–water partition coefficient (Wildman–Crippen LogP) is 1.69. The van der Waals surface area contributed by atoms with E-state index in [4.69, 9.17) is 15.2 Å². The topological polar surface area (TPSA) is 86.5 Å². The van der Waals surface area contributed by atoms with E-state index in [1.807, 2.05) is 0 Å². The molecule has 0 fully saturated rings. The summed E-state index contributed by atoms with van der Waals surface area (Å²) in [5, 5.41) is 2.74. The number of para-hydroxylation sites is 1. The smallest absolute Gasteiger partial charge is 0.259 e. The van der Waals surface area contributed by atoms with Crippen molar-refractivity contribution in [2.75, 3.05) is 24.3 Å². The van der Waals surface area contributed by atoms with Gasteiger partial charge in [-0.3, -0.25) is 4.79 Å². The Bertz CT molecular complexity index is 641. The lowest BCUT2D eigenvalue weighted by molar-refractivity contribution is 0.101. The van der Waals surface area contributed by atoms with Crippen molar-refractivity contribution in [3.05, 3.63) is 42.1 Å². The number of anilines is 2. The third kappa shape index (κ3) is 2.35. The lowest BCUT2D eigenvalue weighted by Gasteiger charge is -2.20. The van der Waals surface area contributed by atoms with E-state index >= 15 is 0 Å². The van der Waals surface area contributed by atoms with Crippen molar-refractivity contribution >= 4 is 17.4 Å². The second-order valence-electron chi connectivity index (χ2n) is 4.26. The fourth-order valence-corrected chi connectivity index (χ4v) is 1.93. The summed E-state index contributed by atoms with van der Waals surface area (Å²) >= 11 is 0. The zero-order valence-electron chi connectivity index (χ0n) is 10.6. The van der Waals surface area contributed by atoms with Crippen LogP contribution in [0, 0.1) is 0 Å². The number of rotatable bonds is 2. The fraction of sp³-hybridized carbons (Fsp3) is 0.143. The van der Waals surface area contributed by atoms with Crippen LogP contribution in [-0.2, 0) is 0 Å². The summed E-state index contributed by atoms with van der Waals surface area (Å²) in [6.07, 6.45) is 1.50. The molecule has 6 heteroatoms. The number of carbonyl (C=O) groups excluding carboxylic acids is 1. The average molecular weight is 271 g/mol. The van der Waals surface area contributed by atoms with Gasteiger partial charge in [0.05, 0.1) is 17.4 Å². The maximum Gasteiger partial charge on any atom is 0.259 e. The van der Waals surface area contributed by atoms with Crippen LogP contribution in [0.15, 0.2) is 36.5 Å². The number of hydrogen-bond acceptors (Lipinski definition) is 5. The standard InChI is InChI=1S/C14H13N3O3/c15-12-5-4-9(8-16-12)17-14(18)10-2-1-3-11-13(10)20-7-6-19-11/h1-5,8H,6-7H2,(H2,15,16)(H,17,18). The summed E-state index contributed by atoms with van der Waals surface area (Å²) in [6, 6.07) is 8.52. The number of amides is 1. The highest BCUT2D eigenvalue weighted by Gasteiger charge is 2.20. The molecule has 0 spiro atoms. The number of hydrogen-bond donors (Lipinski definition) is 2. The molecule has 20 heavy (non-hydrogen) atoms. The first-order valence-electron chi connectivity index (χ1n) is 6.15. The number of aromatic nitrogens is 1. The van der Waals surface area contributed by atoms with Gasteiger partial charge in [-0.15, -0.1) is 0 Å². The Morgan fingerprint density at radius 1 is 1.20 bits per heavy atom. The van der Waals surface area contributed by atoms with E-state index in [-0.39, 0.29) is 5.91 Å². The van der Waals surface area contributed by atoms with Crippen LogP contribution in [0.1, 0.15) is 10.4 Å². The van der Waals surface area contributed by atoms with Gasteiger partial charge < -0.3 is 20.5 Å². The number of nitrogens with zero attached hydrogens (tertiary/aromatic N) is 1. The summed E-state index contributed by atoms with van der Waals surface area (Å²) in [5.41, 5.74) is 6.50. The van der Waals surface area contributed by atoms with Crippen LogP contribution in [0.4, 0.5) is 11.5 Å². The van der Waals surface area contributed by atoms with E-state index in [0.29, 0.717) is 41.8 Å². The van der Waals surface area contributed by atoms with Crippen LogP contribution >= 0.6 is 0 Å². The van der Waals surface area contributed by atoms with Crippen LogP contribution in [0.5, 0.6) is 11.5 Å². The molecule has 1 aliphatic heterocycles. The molecule has 0 aliphatic carbocycles. The van der Waals surface area contributed by atoms with Crippen LogP contribution in [0.2, 0.25) is 0 Å². The number of nitrogens with two attached hydrogens (primary N) is 1. The van der Waals surface area contributed by atoms with Gasteiger partial charge in [-0.05, 0) is 24.3 Å². The third-order valence-corrected chi connectivity index (χ3v) is 2.86. The molecule has 1 aliphatic rings. The summed E-state index contributed by atoms with van der Waals surface area (Å²) in [7, 11) is 0. The van der Waals surface area contributed by atoms with Gasteiger partial charge in [0.1, 0.15) is 19.0 Å². The minimum Gasteiger partial charge on any atom is -0.486 e. The number of nitrogens with one attached hydrogen (secondary N) is 1. The second kappa shape index (κ2) is 5.08. The molecule has 0 saturated carbocycles. The van der Waals surface area contributed by atoms with Gasteiger partial charge in [-0.2, -0.15) is 0 Å². The summed E-state index contributed by atoms with van der Waals surface area (Å²) in [4.78, 5) is 16.2. The highest BCUT2D eigenvalue weighted by Crippen LogP contribution is 2.33. The van der Waals surface area contributed by atoms with E-state index in [1.54, 1.807) is 30.3 Å². The summed E-state index contributed by atoms with van der Waals surface area (Å²) < 4.78 is 11.0. The highest BCUT2D eigenvalue weighted by atomic mass is 16.6. The molecule has 6 nitrogen and oxygen atoms in total. The number of ether oxygens (including phenoxy) is 2. The molecular weight excluding hydrogens is 258 g/mol. The minimum absolute atomic E-state index is 0.279. The molecule has 0 saturated heterocycles. The minimum atomic E-state index is -0.279.